The van der Waals surface area contributed by atoms with Crippen molar-refractivity contribution in [3.63, 3.8) is 0 Å². The number of likely N-dealkylation sites (tertiary alicyclic amines) is 1. The first kappa shape index (κ1) is 17.2. The summed E-state index contributed by atoms with van der Waals surface area (Å²) in [6.07, 6.45) is 10.6. The van der Waals surface area contributed by atoms with Crippen molar-refractivity contribution in [1.29, 1.82) is 0 Å². The van der Waals surface area contributed by atoms with Crippen LogP contribution < -0.4 is 0 Å². The van der Waals surface area contributed by atoms with Gasteiger partial charge in [-0.25, -0.2) is 9.97 Å². The Morgan fingerprint density at radius 2 is 1.68 bits per heavy atom. The Morgan fingerprint density at radius 3 is 2.36 bits per heavy atom. The van der Waals surface area contributed by atoms with Crippen LogP contribution in [0.25, 0.3) is 22.5 Å². The van der Waals surface area contributed by atoms with Crippen LogP contribution in [-0.2, 0) is 6.54 Å². The number of carbonyl (C=O) groups is 1. The molecule has 1 amide bonds. The number of nitrogens with zero attached hydrogens (tertiary/aromatic N) is 4. The molecule has 0 atom stereocenters. The number of benzene rings is 1. The van der Waals surface area contributed by atoms with Crippen molar-refractivity contribution in [3.05, 3.63) is 60.7 Å². The maximum atomic E-state index is 13.0. The zero-order valence-corrected chi connectivity index (χ0v) is 15.9. The van der Waals surface area contributed by atoms with Gasteiger partial charge in [0.05, 0.1) is 0 Å². The first-order valence-electron chi connectivity index (χ1n) is 10.2. The van der Waals surface area contributed by atoms with Crippen LogP contribution in [0.2, 0.25) is 0 Å². The summed E-state index contributed by atoms with van der Waals surface area (Å²) in [6.45, 7) is 2.67. The third kappa shape index (κ3) is 3.44. The summed E-state index contributed by atoms with van der Waals surface area (Å²) in [7, 11) is 0. The molecule has 2 aliphatic rings. The number of amides is 1. The van der Waals surface area contributed by atoms with E-state index in [9.17, 15) is 4.79 Å². The van der Waals surface area contributed by atoms with Gasteiger partial charge in [0.15, 0.2) is 5.82 Å². The highest BCUT2D eigenvalue weighted by Gasteiger charge is 2.27. The van der Waals surface area contributed by atoms with E-state index in [0.717, 1.165) is 60.7 Å². The van der Waals surface area contributed by atoms with Crippen LogP contribution in [0.1, 0.15) is 36.2 Å². The highest BCUT2D eigenvalue weighted by atomic mass is 16.2. The minimum atomic E-state index is 0.159. The van der Waals surface area contributed by atoms with Gasteiger partial charge in [-0.05, 0) is 37.7 Å². The molecule has 5 nitrogen and oxygen atoms in total. The summed E-state index contributed by atoms with van der Waals surface area (Å²) in [5.74, 6) is 1.59. The second kappa shape index (κ2) is 7.23. The van der Waals surface area contributed by atoms with E-state index in [1.54, 1.807) is 0 Å². The maximum absolute atomic E-state index is 13.0. The Bertz CT molecular complexity index is 968. The lowest BCUT2D eigenvalue weighted by atomic mass is 10.1. The quantitative estimate of drug-likeness (QED) is 0.672. The molecule has 3 heterocycles. The monoisotopic (exact) mass is 372 g/mol. The van der Waals surface area contributed by atoms with Crippen molar-refractivity contribution < 1.29 is 4.79 Å². The first-order chi connectivity index (χ1) is 13.8. The van der Waals surface area contributed by atoms with E-state index in [1.165, 1.54) is 12.8 Å². The lowest BCUT2D eigenvalue weighted by Crippen LogP contribution is -2.29. The van der Waals surface area contributed by atoms with Gasteiger partial charge in [-0.15, -0.1) is 0 Å². The van der Waals surface area contributed by atoms with Crippen molar-refractivity contribution in [2.45, 2.75) is 32.2 Å². The van der Waals surface area contributed by atoms with Gasteiger partial charge in [-0.2, -0.15) is 0 Å². The average molecular weight is 372 g/mol. The van der Waals surface area contributed by atoms with E-state index < -0.39 is 0 Å². The molecule has 2 aromatic heterocycles. The molecule has 28 heavy (non-hydrogen) atoms. The van der Waals surface area contributed by atoms with E-state index in [-0.39, 0.29) is 5.91 Å². The molecule has 5 heteroatoms. The Morgan fingerprint density at radius 1 is 0.964 bits per heavy atom. The Hall–Kier alpha value is -2.95. The van der Waals surface area contributed by atoms with Gasteiger partial charge in [-0.3, -0.25) is 4.79 Å². The summed E-state index contributed by atoms with van der Waals surface area (Å²) < 4.78 is 2.15. The highest BCUT2D eigenvalue weighted by molar-refractivity contribution is 5.94. The molecule has 0 spiro atoms. The number of aromatic nitrogens is 3. The molecular formula is C23H24N4O. The third-order valence-corrected chi connectivity index (χ3v) is 5.68. The molecule has 1 aliphatic heterocycles. The van der Waals surface area contributed by atoms with Gasteiger partial charge in [0.2, 0.25) is 0 Å². The van der Waals surface area contributed by atoms with Gasteiger partial charge < -0.3 is 9.47 Å². The van der Waals surface area contributed by atoms with Crippen molar-refractivity contribution >= 4 is 5.91 Å². The fraction of sp³-hybridized carbons (Fsp3) is 0.348. The molecule has 0 unspecified atom stereocenters. The van der Waals surface area contributed by atoms with E-state index in [1.807, 2.05) is 53.7 Å². The van der Waals surface area contributed by atoms with E-state index in [4.69, 9.17) is 0 Å². The topological polar surface area (TPSA) is 51.0 Å². The molecule has 1 aromatic carbocycles. The largest absolute Gasteiger partial charge is 0.343 e. The zero-order chi connectivity index (χ0) is 18.9. The van der Waals surface area contributed by atoms with Gasteiger partial charge in [-0.1, -0.05) is 30.3 Å². The van der Waals surface area contributed by atoms with Crippen LogP contribution in [0.4, 0.5) is 0 Å². The number of rotatable bonds is 5. The lowest BCUT2D eigenvalue weighted by molar-refractivity contribution is 0.0781. The minimum absolute atomic E-state index is 0.159. The van der Waals surface area contributed by atoms with Gasteiger partial charge in [0.1, 0.15) is 5.69 Å². The lowest BCUT2D eigenvalue weighted by Gasteiger charge is -2.16. The van der Waals surface area contributed by atoms with Gasteiger partial charge >= 0.3 is 0 Å². The number of carbonyl (C=O) groups excluding carboxylic acids is 1. The second-order valence-corrected chi connectivity index (χ2v) is 7.87. The van der Waals surface area contributed by atoms with Crippen LogP contribution in [0.15, 0.2) is 55.0 Å². The Labute approximate surface area is 165 Å². The van der Waals surface area contributed by atoms with E-state index >= 15 is 0 Å². The van der Waals surface area contributed by atoms with Crippen molar-refractivity contribution in [2.24, 2.45) is 5.92 Å². The average Bonchev–Trinajstić information content (AvgIpc) is 3.22. The molecule has 0 N–H and O–H groups in total. The highest BCUT2D eigenvalue weighted by Crippen LogP contribution is 2.33. The van der Waals surface area contributed by atoms with Crippen molar-refractivity contribution in [1.82, 2.24) is 19.4 Å². The SMILES string of the molecule is O=C(c1cc(-c2cnc(-c3ccccc3)nc2)cn1CC1CC1)N1CCCC1. The molecule has 0 bridgehead atoms. The molecule has 2 fully saturated rings. The normalized spacial score (nSPS) is 16.5. The second-order valence-electron chi connectivity index (χ2n) is 7.87. The fourth-order valence-corrected chi connectivity index (χ4v) is 3.87. The van der Waals surface area contributed by atoms with Crippen LogP contribution in [0, 0.1) is 5.92 Å². The molecule has 1 aliphatic carbocycles. The zero-order valence-electron chi connectivity index (χ0n) is 15.9. The molecule has 142 valence electrons. The Balaban J connectivity index is 1.45. The number of hydrogen-bond donors (Lipinski definition) is 0. The molecule has 1 saturated heterocycles. The standard InChI is InChI=1S/C23H24N4O/c28-23(26-10-4-5-11-26)21-12-19(16-27(21)15-17-8-9-17)20-13-24-22(25-14-20)18-6-2-1-3-7-18/h1-3,6-7,12-14,16-17H,4-5,8-11,15H2. The van der Waals surface area contributed by atoms with Crippen LogP contribution >= 0.6 is 0 Å². The van der Waals surface area contributed by atoms with E-state index in [2.05, 4.69) is 20.7 Å². The first-order valence-corrected chi connectivity index (χ1v) is 10.2. The summed E-state index contributed by atoms with van der Waals surface area (Å²) in [5.41, 5.74) is 3.77. The van der Waals surface area contributed by atoms with Crippen LogP contribution in [0.5, 0.6) is 0 Å². The molecule has 1 saturated carbocycles. The molecule has 0 radical (unpaired) electrons. The summed E-state index contributed by atoms with van der Waals surface area (Å²) >= 11 is 0. The van der Waals surface area contributed by atoms with Crippen molar-refractivity contribution in [3.8, 4) is 22.5 Å². The van der Waals surface area contributed by atoms with Gasteiger partial charge in [0, 0.05) is 54.9 Å². The summed E-state index contributed by atoms with van der Waals surface area (Å²) in [6, 6.07) is 12.0. The Kier molecular flexibility index (Phi) is 4.43. The smallest absolute Gasteiger partial charge is 0.270 e. The predicted molar refractivity (Wildman–Crippen MR) is 109 cm³/mol. The number of hydrogen-bond acceptors (Lipinski definition) is 3. The third-order valence-electron chi connectivity index (χ3n) is 5.68. The summed E-state index contributed by atoms with van der Waals surface area (Å²) in [5, 5.41) is 0. The molecule has 5 rings (SSSR count). The summed E-state index contributed by atoms with van der Waals surface area (Å²) in [4.78, 5) is 24.1. The van der Waals surface area contributed by atoms with Crippen LogP contribution in [0.3, 0.4) is 0 Å². The molecule has 3 aromatic rings. The van der Waals surface area contributed by atoms with Crippen LogP contribution in [-0.4, -0.2) is 38.4 Å². The van der Waals surface area contributed by atoms with Crippen molar-refractivity contribution in [2.75, 3.05) is 13.1 Å². The fourth-order valence-electron chi connectivity index (χ4n) is 3.87. The predicted octanol–water partition coefficient (Wildman–Crippen LogP) is 4.26. The minimum Gasteiger partial charge on any atom is -0.343 e. The molecular weight excluding hydrogens is 348 g/mol. The van der Waals surface area contributed by atoms with Gasteiger partial charge in [0.25, 0.3) is 5.91 Å². The maximum Gasteiger partial charge on any atom is 0.270 e. The van der Waals surface area contributed by atoms with E-state index in [0.29, 0.717) is 5.92 Å².